The second-order valence-corrected chi connectivity index (χ2v) is 6.15. The van der Waals surface area contributed by atoms with Crippen LogP contribution in [0.5, 0.6) is 0 Å². The number of rotatable bonds is 8. The van der Waals surface area contributed by atoms with E-state index in [1.54, 1.807) is 22.9 Å². The summed E-state index contributed by atoms with van der Waals surface area (Å²) in [5.41, 5.74) is 0.382. The summed E-state index contributed by atoms with van der Waals surface area (Å²) in [6.45, 7) is 9.42. The lowest BCUT2D eigenvalue weighted by Crippen LogP contribution is -2.27. The molecule has 0 saturated carbocycles. The number of anilines is 2. The summed E-state index contributed by atoms with van der Waals surface area (Å²) in [5.74, 6) is -0.324. The van der Waals surface area contributed by atoms with Crippen LogP contribution >= 0.6 is 23.6 Å². The molecule has 0 atom stereocenters. The predicted octanol–water partition coefficient (Wildman–Crippen LogP) is 4.19. The first-order chi connectivity index (χ1) is 10.6. The van der Waals surface area contributed by atoms with E-state index in [4.69, 9.17) is 12.2 Å². The zero-order valence-electron chi connectivity index (χ0n) is 12.0. The molecule has 0 fully saturated rings. The summed E-state index contributed by atoms with van der Waals surface area (Å²) >= 11 is 6.62. The summed E-state index contributed by atoms with van der Waals surface area (Å²) < 4.78 is 16.0. The lowest BCUT2D eigenvalue weighted by molar-refractivity contribution is 0.252. The Hall–Kier alpha value is -1.83. The van der Waals surface area contributed by atoms with Crippen LogP contribution in [-0.2, 0) is 6.67 Å². The number of para-hydroxylation sites is 1. The van der Waals surface area contributed by atoms with E-state index in [1.165, 1.54) is 17.4 Å². The highest BCUT2D eigenvalue weighted by atomic mass is 32.1. The minimum atomic E-state index is -0.324. The second-order valence-electron chi connectivity index (χ2n) is 4.53. The van der Waals surface area contributed by atoms with Crippen molar-refractivity contribution < 1.29 is 4.39 Å². The molecule has 1 heterocycles. The molecule has 1 N–H and O–H groups in total. The lowest BCUT2D eigenvalue weighted by Gasteiger charge is -2.18. The van der Waals surface area contributed by atoms with Crippen LogP contribution in [0.15, 0.2) is 49.6 Å². The fraction of sp³-hybridized carbons (Fsp3) is 0.200. The van der Waals surface area contributed by atoms with E-state index in [0.717, 1.165) is 0 Å². The van der Waals surface area contributed by atoms with Gasteiger partial charge in [0.1, 0.15) is 5.82 Å². The van der Waals surface area contributed by atoms with Crippen molar-refractivity contribution in [1.82, 2.24) is 14.7 Å². The van der Waals surface area contributed by atoms with Crippen LogP contribution < -0.4 is 5.32 Å². The first-order valence-corrected chi connectivity index (χ1v) is 7.90. The average molecular weight is 336 g/mol. The summed E-state index contributed by atoms with van der Waals surface area (Å²) in [6.07, 6.45) is 3.63. The molecule has 0 saturated heterocycles. The number of hydrogen-bond donors (Lipinski definition) is 1. The highest BCUT2D eigenvalue weighted by Gasteiger charge is 2.09. The van der Waals surface area contributed by atoms with Crippen LogP contribution in [0.1, 0.15) is 0 Å². The van der Waals surface area contributed by atoms with E-state index in [1.807, 2.05) is 12.2 Å². The van der Waals surface area contributed by atoms with Gasteiger partial charge in [-0.2, -0.15) is 0 Å². The van der Waals surface area contributed by atoms with Gasteiger partial charge < -0.3 is 5.32 Å². The molecule has 1 aromatic carbocycles. The van der Waals surface area contributed by atoms with Gasteiger partial charge >= 0.3 is 0 Å². The van der Waals surface area contributed by atoms with E-state index in [0.29, 0.717) is 34.5 Å². The Morgan fingerprint density at radius 3 is 2.64 bits per heavy atom. The molecule has 2 aromatic rings. The van der Waals surface area contributed by atoms with Crippen molar-refractivity contribution in [3.05, 3.63) is 59.3 Å². The smallest absolute Gasteiger partial charge is 0.209 e. The molecule has 7 heteroatoms. The third kappa shape index (κ3) is 4.33. The number of hydrogen-bond acceptors (Lipinski definition) is 5. The molecule has 0 aliphatic heterocycles. The predicted molar refractivity (Wildman–Crippen MR) is 92.6 cm³/mol. The van der Waals surface area contributed by atoms with Gasteiger partial charge in [-0.1, -0.05) is 35.6 Å². The second kappa shape index (κ2) is 7.98. The molecule has 0 aliphatic rings. The van der Waals surface area contributed by atoms with Crippen LogP contribution in [-0.4, -0.2) is 27.8 Å². The molecule has 0 radical (unpaired) electrons. The van der Waals surface area contributed by atoms with Crippen LogP contribution in [0.25, 0.3) is 0 Å². The Kier molecular flexibility index (Phi) is 6.00. The molecule has 0 amide bonds. The Balaban J connectivity index is 2.14. The quantitative estimate of drug-likeness (QED) is 0.579. The van der Waals surface area contributed by atoms with Gasteiger partial charge in [-0.15, -0.1) is 18.3 Å². The van der Waals surface area contributed by atoms with Crippen molar-refractivity contribution in [2.24, 2.45) is 0 Å². The topological polar surface area (TPSA) is 33.1 Å². The number of halogens is 1. The monoisotopic (exact) mass is 336 g/mol. The lowest BCUT2D eigenvalue weighted by atomic mass is 10.3. The van der Waals surface area contributed by atoms with Gasteiger partial charge in [0.25, 0.3) is 0 Å². The molecule has 22 heavy (non-hydrogen) atoms. The third-order valence-electron chi connectivity index (χ3n) is 2.83. The summed E-state index contributed by atoms with van der Waals surface area (Å²) in [4.78, 5) is 2.09. The van der Waals surface area contributed by atoms with Crippen LogP contribution in [0.3, 0.4) is 0 Å². The number of nitrogens with one attached hydrogen (secondary N) is 1. The van der Waals surface area contributed by atoms with Crippen molar-refractivity contribution in [2.45, 2.75) is 6.67 Å². The van der Waals surface area contributed by atoms with Gasteiger partial charge in [0.2, 0.25) is 5.13 Å². The van der Waals surface area contributed by atoms with Crippen molar-refractivity contribution in [1.29, 1.82) is 0 Å². The zero-order chi connectivity index (χ0) is 15.9. The van der Waals surface area contributed by atoms with E-state index < -0.39 is 0 Å². The maximum atomic E-state index is 13.6. The van der Waals surface area contributed by atoms with E-state index in [-0.39, 0.29) is 5.82 Å². The van der Waals surface area contributed by atoms with E-state index >= 15 is 0 Å². The van der Waals surface area contributed by atoms with Gasteiger partial charge in [0.05, 0.1) is 12.4 Å². The summed E-state index contributed by atoms with van der Waals surface area (Å²) in [5, 5.41) is 7.91. The number of aromatic nitrogens is 2. The highest BCUT2D eigenvalue weighted by molar-refractivity contribution is 7.73. The SMILES string of the molecule is C=CCN(CC=C)Cn1nc(Nc2ccccc2F)sc1=S. The summed E-state index contributed by atoms with van der Waals surface area (Å²) in [6, 6.07) is 6.46. The van der Waals surface area contributed by atoms with E-state index in [9.17, 15) is 4.39 Å². The Morgan fingerprint density at radius 2 is 2.00 bits per heavy atom. The van der Waals surface area contributed by atoms with Gasteiger partial charge in [-0.05, 0) is 24.4 Å². The molecular weight excluding hydrogens is 319 g/mol. The molecule has 0 bridgehead atoms. The number of nitrogens with zero attached hydrogens (tertiary/aromatic N) is 3. The van der Waals surface area contributed by atoms with E-state index in [2.05, 4.69) is 28.5 Å². The van der Waals surface area contributed by atoms with Crippen LogP contribution in [0, 0.1) is 9.77 Å². The molecule has 2 rings (SSSR count). The molecular formula is C15H17FN4S2. The average Bonchev–Trinajstić information content (AvgIpc) is 2.82. The fourth-order valence-corrected chi connectivity index (χ4v) is 2.87. The van der Waals surface area contributed by atoms with Crippen LogP contribution in [0.2, 0.25) is 0 Å². The Labute approximate surface area is 138 Å². The summed E-state index contributed by atoms with van der Waals surface area (Å²) in [7, 11) is 0. The Bertz CT molecular complexity index is 698. The zero-order valence-corrected chi connectivity index (χ0v) is 13.7. The van der Waals surface area contributed by atoms with Crippen molar-refractivity contribution in [2.75, 3.05) is 18.4 Å². The first kappa shape index (κ1) is 16.5. The maximum absolute atomic E-state index is 13.6. The van der Waals surface area contributed by atoms with Crippen molar-refractivity contribution >= 4 is 34.4 Å². The van der Waals surface area contributed by atoms with Gasteiger partial charge in [-0.25, -0.2) is 9.07 Å². The fourth-order valence-electron chi connectivity index (χ4n) is 1.87. The number of benzene rings is 1. The molecule has 116 valence electrons. The molecule has 0 spiro atoms. The minimum absolute atomic E-state index is 0.324. The standard InChI is InChI=1S/C15H17FN4S2/c1-3-9-19(10-4-2)11-20-15(21)22-14(18-20)17-13-8-6-5-7-12(13)16/h3-8H,1-2,9-11H2,(H,17,18). The first-order valence-electron chi connectivity index (χ1n) is 6.67. The third-order valence-corrected chi connectivity index (χ3v) is 4.05. The normalized spacial score (nSPS) is 10.6. The van der Waals surface area contributed by atoms with Gasteiger partial charge in [0, 0.05) is 13.1 Å². The molecule has 1 aromatic heterocycles. The highest BCUT2D eigenvalue weighted by Crippen LogP contribution is 2.22. The Morgan fingerprint density at radius 1 is 1.32 bits per heavy atom. The molecule has 0 aliphatic carbocycles. The minimum Gasteiger partial charge on any atom is -0.328 e. The van der Waals surface area contributed by atoms with Gasteiger partial charge in [0.15, 0.2) is 3.95 Å². The molecule has 0 unspecified atom stereocenters. The van der Waals surface area contributed by atoms with Crippen molar-refractivity contribution in [3.8, 4) is 0 Å². The van der Waals surface area contributed by atoms with Gasteiger partial charge in [-0.3, -0.25) is 4.90 Å². The maximum Gasteiger partial charge on any atom is 0.209 e. The van der Waals surface area contributed by atoms with Crippen molar-refractivity contribution in [3.63, 3.8) is 0 Å². The molecule has 4 nitrogen and oxygen atoms in total. The largest absolute Gasteiger partial charge is 0.328 e. The van der Waals surface area contributed by atoms with Crippen LogP contribution in [0.4, 0.5) is 15.2 Å².